The molecule has 3 aromatic rings. The number of hydrogen-bond acceptors (Lipinski definition) is 5. The van der Waals surface area contributed by atoms with Crippen molar-refractivity contribution in [1.29, 1.82) is 0 Å². The second-order valence-electron chi connectivity index (χ2n) is 6.71. The molecule has 2 aromatic heterocycles. The predicted molar refractivity (Wildman–Crippen MR) is 103 cm³/mol. The molecule has 9 heteroatoms. The minimum absolute atomic E-state index is 0.138. The van der Waals surface area contributed by atoms with Gasteiger partial charge in [-0.1, -0.05) is 0 Å². The van der Waals surface area contributed by atoms with E-state index < -0.39 is 5.92 Å². The lowest BCUT2D eigenvalue weighted by atomic mass is 10.1. The van der Waals surface area contributed by atoms with Gasteiger partial charge in [-0.3, -0.25) is 14.6 Å². The maximum absolute atomic E-state index is 13.1. The standard InChI is InChI=1S/C20H19FN6O2/c21-15-1-3-16(4-2-15)27-13-14(11-18(27)28)20(29)25-8-10-26-9-7-24-19(26)17-12-22-5-6-23-17/h1-7,9,12,14H,8,10-11,13H2,(H,25,29). The Balaban J connectivity index is 1.33. The van der Waals surface area contributed by atoms with Crippen LogP contribution in [-0.2, 0) is 16.1 Å². The van der Waals surface area contributed by atoms with Gasteiger partial charge in [-0.25, -0.2) is 14.4 Å². The number of imidazole rings is 1. The van der Waals surface area contributed by atoms with Crippen LogP contribution in [0, 0.1) is 11.7 Å². The highest BCUT2D eigenvalue weighted by Gasteiger charge is 2.34. The molecule has 1 aliphatic rings. The zero-order valence-electron chi connectivity index (χ0n) is 15.5. The molecule has 1 aromatic carbocycles. The van der Waals surface area contributed by atoms with Crippen LogP contribution in [0.3, 0.4) is 0 Å². The number of nitrogens with one attached hydrogen (secondary N) is 1. The fraction of sp³-hybridized carbons (Fsp3) is 0.250. The summed E-state index contributed by atoms with van der Waals surface area (Å²) in [5, 5.41) is 2.88. The van der Waals surface area contributed by atoms with Crippen molar-refractivity contribution >= 4 is 17.5 Å². The molecule has 0 spiro atoms. The van der Waals surface area contributed by atoms with Gasteiger partial charge < -0.3 is 14.8 Å². The molecule has 1 fully saturated rings. The van der Waals surface area contributed by atoms with Gasteiger partial charge in [0.05, 0.1) is 12.1 Å². The maximum Gasteiger partial charge on any atom is 0.227 e. The predicted octanol–water partition coefficient (Wildman–Crippen LogP) is 1.65. The molecule has 1 N–H and O–H groups in total. The Hall–Kier alpha value is -3.62. The lowest BCUT2D eigenvalue weighted by Crippen LogP contribution is -2.34. The van der Waals surface area contributed by atoms with Gasteiger partial charge >= 0.3 is 0 Å². The van der Waals surface area contributed by atoms with Crippen LogP contribution in [0.5, 0.6) is 0 Å². The Morgan fingerprint density at radius 2 is 2.00 bits per heavy atom. The number of carbonyl (C=O) groups excluding carboxylic acids is 2. The smallest absolute Gasteiger partial charge is 0.227 e. The van der Waals surface area contributed by atoms with Crippen molar-refractivity contribution < 1.29 is 14.0 Å². The fourth-order valence-electron chi connectivity index (χ4n) is 3.34. The number of benzene rings is 1. The number of hydrogen-bond donors (Lipinski definition) is 1. The number of amides is 2. The summed E-state index contributed by atoms with van der Waals surface area (Å²) in [5.74, 6) is -0.448. The van der Waals surface area contributed by atoms with Gasteiger partial charge in [-0.2, -0.15) is 0 Å². The molecule has 0 bridgehead atoms. The van der Waals surface area contributed by atoms with Gasteiger partial charge in [0.2, 0.25) is 11.8 Å². The summed E-state index contributed by atoms with van der Waals surface area (Å²) >= 11 is 0. The van der Waals surface area contributed by atoms with Crippen molar-refractivity contribution in [1.82, 2.24) is 24.8 Å². The molecule has 0 radical (unpaired) electrons. The second kappa shape index (κ2) is 8.17. The lowest BCUT2D eigenvalue weighted by Gasteiger charge is -2.16. The highest BCUT2D eigenvalue weighted by Crippen LogP contribution is 2.25. The first-order valence-electron chi connectivity index (χ1n) is 9.23. The van der Waals surface area contributed by atoms with E-state index in [1.807, 2.05) is 10.8 Å². The molecule has 1 unspecified atom stereocenters. The summed E-state index contributed by atoms with van der Waals surface area (Å²) in [6.07, 6.45) is 8.44. The SMILES string of the molecule is O=C(NCCn1ccnc1-c1cnccn1)C1CC(=O)N(c2ccc(F)cc2)C1. The molecule has 3 heterocycles. The van der Waals surface area contributed by atoms with Crippen molar-refractivity contribution in [2.45, 2.75) is 13.0 Å². The van der Waals surface area contributed by atoms with Gasteiger partial charge in [0.25, 0.3) is 0 Å². The van der Waals surface area contributed by atoms with Crippen molar-refractivity contribution in [3.8, 4) is 11.5 Å². The van der Waals surface area contributed by atoms with E-state index in [0.29, 0.717) is 30.3 Å². The maximum atomic E-state index is 13.1. The molecule has 0 saturated carbocycles. The summed E-state index contributed by atoms with van der Waals surface area (Å²) in [6.45, 7) is 1.19. The van der Waals surface area contributed by atoms with E-state index in [1.54, 1.807) is 36.9 Å². The molecule has 2 amide bonds. The van der Waals surface area contributed by atoms with Crippen molar-refractivity contribution in [3.63, 3.8) is 0 Å². The summed E-state index contributed by atoms with van der Waals surface area (Å²) in [5.41, 5.74) is 1.25. The summed E-state index contributed by atoms with van der Waals surface area (Å²) in [7, 11) is 0. The number of aromatic nitrogens is 4. The van der Waals surface area contributed by atoms with Crippen LogP contribution in [0.2, 0.25) is 0 Å². The summed E-state index contributed by atoms with van der Waals surface area (Å²) in [6, 6.07) is 5.69. The highest BCUT2D eigenvalue weighted by molar-refractivity contribution is 6.00. The average molecular weight is 394 g/mol. The third-order valence-electron chi connectivity index (χ3n) is 4.79. The largest absolute Gasteiger partial charge is 0.354 e. The van der Waals surface area contributed by atoms with Crippen molar-refractivity contribution in [3.05, 3.63) is 61.1 Å². The van der Waals surface area contributed by atoms with E-state index in [4.69, 9.17) is 0 Å². The Kier molecular flexibility index (Phi) is 5.28. The molecule has 29 heavy (non-hydrogen) atoms. The number of rotatable bonds is 6. The quantitative estimate of drug-likeness (QED) is 0.686. The lowest BCUT2D eigenvalue weighted by molar-refractivity contribution is -0.126. The van der Waals surface area contributed by atoms with Gasteiger partial charge in [-0.15, -0.1) is 0 Å². The Morgan fingerprint density at radius 1 is 1.17 bits per heavy atom. The first kappa shape index (κ1) is 18.7. The third kappa shape index (κ3) is 4.13. The van der Waals surface area contributed by atoms with Crippen LogP contribution < -0.4 is 10.2 Å². The van der Waals surface area contributed by atoms with E-state index in [-0.39, 0.29) is 30.6 Å². The topological polar surface area (TPSA) is 93.0 Å². The van der Waals surface area contributed by atoms with E-state index in [2.05, 4.69) is 20.3 Å². The number of nitrogens with zero attached hydrogens (tertiary/aromatic N) is 5. The van der Waals surface area contributed by atoms with Crippen molar-refractivity contribution in [2.24, 2.45) is 5.92 Å². The van der Waals surface area contributed by atoms with E-state index in [9.17, 15) is 14.0 Å². The van der Waals surface area contributed by atoms with E-state index >= 15 is 0 Å². The molecular weight excluding hydrogens is 375 g/mol. The molecule has 4 rings (SSSR count). The highest BCUT2D eigenvalue weighted by atomic mass is 19.1. The van der Waals surface area contributed by atoms with Gasteiger partial charge in [0.1, 0.15) is 11.5 Å². The number of carbonyl (C=O) groups is 2. The fourth-order valence-corrected chi connectivity index (χ4v) is 3.34. The van der Waals surface area contributed by atoms with Crippen LogP contribution in [0.25, 0.3) is 11.5 Å². The zero-order chi connectivity index (χ0) is 20.2. The number of anilines is 1. The first-order valence-corrected chi connectivity index (χ1v) is 9.23. The van der Waals surface area contributed by atoms with E-state index in [1.165, 1.54) is 17.0 Å². The van der Waals surface area contributed by atoms with Gasteiger partial charge in [0.15, 0.2) is 5.82 Å². The van der Waals surface area contributed by atoms with E-state index in [0.717, 1.165) is 0 Å². The molecular formula is C20H19FN6O2. The average Bonchev–Trinajstić information content (AvgIpc) is 3.36. The molecule has 0 aliphatic carbocycles. The summed E-state index contributed by atoms with van der Waals surface area (Å²) in [4.78, 5) is 38.9. The Bertz CT molecular complexity index is 1010. The molecule has 1 aliphatic heterocycles. The zero-order valence-corrected chi connectivity index (χ0v) is 15.5. The van der Waals surface area contributed by atoms with Crippen LogP contribution in [0.4, 0.5) is 10.1 Å². The Morgan fingerprint density at radius 3 is 2.76 bits per heavy atom. The van der Waals surface area contributed by atoms with Crippen LogP contribution >= 0.6 is 0 Å². The first-order chi connectivity index (χ1) is 14.1. The Labute approximate surface area is 166 Å². The van der Waals surface area contributed by atoms with Gasteiger partial charge in [0, 0.05) is 56.5 Å². The van der Waals surface area contributed by atoms with Crippen molar-refractivity contribution in [2.75, 3.05) is 18.0 Å². The monoisotopic (exact) mass is 394 g/mol. The minimum atomic E-state index is -0.435. The number of halogens is 1. The molecule has 8 nitrogen and oxygen atoms in total. The van der Waals surface area contributed by atoms with Crippen LogP contribution in [-0.4, -0.2) is 44.4 Å². The molecule has 148 valence electrons. The van der Waals surface area contributed by atoms with Gasteiger partial charge in [-0.05, 0) is 24.3 Å². The normalized spacial score (nSPS) is 16.2. The second-order valence-corrected chi connectivity index (χ2v) is 6.71. The third-order valence-corrected chi connectivity index (χ3v) is 4.79. The molecule has 1 atom stereocenters. The molecule has 1 saturated heterocycles. The minimum Gasteiger partial charge on any atom is -0.354 e. The van der Waals surface area contributed by atoms with Crippen LogP contribution in [0.15, 0.2) is 55.2 Å². The van der Waals surface area contributed by atoms with Crippen LogP contribution in [0.1, 0.15) is 6.42 Å². The summed E-state index contributed by atoms with van der Waals surface area (Å²) < 4.78 is 15.0.